The number of nitrogens with zero attached hydrogens (tertiary/aromatic N) is 3. The molecule has 1 N–H and O–H groups in total. The second-order valence-corrected chi connectivity index (χ2v) is 8.52. The molecule has 0 radical (unpaired) electrons. The lowest BCUT2D eigenvalue weighted by molar-refractivity contribution is -0.136. The van der Waals surface area contributed by atoms with Crippen LogP contribution in [0.15, 0.2) is 35.3 Å². The SMILES string of the molecule is CC.CC1CCCN(C(=O)c2nc3c(C(F)(F)F)cc(-c4ccoc4)cn3c2Cl)C1.O=C1NCCO1. The predicted octanol–water partition coefficient (Wildman–Crippen LogP) is 5.89. The number of ether oxygens (including phenoxy) is 1. The van der Waals surface area contributed by atoms with E-state index < -0.39 is 23.3 Å². The van der Waals surface area contributed by atoms with Crippen LogP contribution in [0.5, 0.6) is 0 Å². The average molecular weight is 529 g/mol. The first-order valence-corrected chi connectivity index (χ1v) is 12.0. The molecular formula is C24H28ClF3N4O4. The molecule has 2 amide bonds. The molecule has 2 aliphatic heterocycles. The van der Waals surface area contributed by atoms with Gasteiger partial charge in [0.25, 0.3) is 5.91 Å². The van der Waals surface area contributed by atoms with Gasteiger partial charge >= 0.3 is 12.3 Å². The van der Waals surface area contributed by atoms with Crippen LogP contribution >= 0.6 is 11.6 Å². The number of alkyl halides is 3. The highest BCUT2D eigenvalue weighted by atomic mass is 35.5. The van der Waals surface area contributed by atoms with Gasteiger partial charge in [-0.05, 0) is 30.9 Å². The van der Waals surface area contributed by atoms with Crippen molar-refractivity contribution >= 4 is 29.2 Å². The van der Waals surface area contributed by atoms with Crippen molar-refractivity contribution in [3.05, 3.63) is 47.3 Å². The fourth-order valence-electron chi connectivity index (χ4n) is 3.92. The van der Waals surface area contributed by atoms with Gasteiger partial charge in [0.1, 0.15) is 11.8 Å². The number of alkyl carbamates (subject to hydrolysis) is 1. The van der Waals surface area contributed by atoms with Crippen molar-refractivity contribution < 1.29 is 31.9 Å². The van der Waals surface area contributed by atoms with Crippen molar-refractivity contribution in [2.45, 2.75) is 39.8 Å². The summed E-state index contributed by atoms with van der Waals surface area (Å²) >= 11 is 6.33. The smallest absolute Gasteiger partial charge is 0.420 e. The number of fused-ring (bicyclic) bond motifs is 1. The van der Waals surface area contributed by atoms with Gasteiger partial charge in [-0.25, -0.2) is 9.78 Å². The van der Waals surface area contributed by atoms with Crippen LogP contribution in [-0.2, 0) is 10.9 Å². The number of aromatic nitrogens is 2. The zero-order chi connectivity index (χ0) is 26.5. The molecule has 1 unspecified atom stereocenters. The van der Waals surface area contributed by atoms with Gasteiger partial charge in [-0.1, -0.05) is 32.4 Å². The first kappa shape index (κ1) is 27.4. The molecular weight excluding hydrogens is 501 g/mol. The Morgan fingerprint density at radius 2 is 2.03 bits per heavy atom. The Labute approximate surface area is 211 Å². The van der Waals surface area contributed by atoms with Crippen LogP contribution in [0.4, 0.5) is 18.0 Å². The lowest BCUT2D eigenvalue weighted by atomic mass is 10.0. The maximum atomic E-state index is 13.7. The number of hydrogen-bond donors (Lipinski definition) is 1. The average Bonchev–Trinajstić information content (AvgIpc) is 3.62. The summed E-state index contributed by atoms with van der Waals surface area (Å²) in [6.07, 6.45) is 1.04. The molecule has 196 valence electrons. The fraction of sp³-hybridized carbons (Fsp3) is 0.458. The first-order chi connectivity index (χ1) is 17.1. The molecule has 8 nitrogen and oxygen atoms in total. The number of carbonyl (C=O) groups excluding carboxylic acids is 2. The number of cyclic esters (lactones) is 1. The van der Waals surface area contributed by atoms with E-state index in [4.69, 9.17) is 16.0 Å². The summed E-state index contributed by atoms with van der Waals surface area (Å²) < 4.78 is 51.5. The third kappa shape index (κ3) is 6.13. The van der Waals surface area contributed by atoms with Crippen LogP contribution in [0.1, 0.15) is 49.7 Å². The topological polar surface area (TPSA) is 89.1 Å². The summed E-state index contributed by atoms with van der Waals surface area (Å²) in [6.45, 7) is 8.30. The Hall–Kier alpha value is -3.21. The Bertz CT molecular complexity index is 1190. The van der Waals surface area contributed by atoms with E-state index in [1.54, 1.807) is 11.0 Å². The van der Waals surface area contributed by atoms with Crippen molar-refractivity contribution in [1.82, 2.24) is 19.6 Å². The van der Waals surface area contributed by atoms with E-state index in [0.29, 0.717) is 37.7 Å². The molecule has 2 saturated heterocycles. The van der Waals surface area contributed by atoms with E-state index in [2.05, 4.69) is 15.0 Å². The second-order valence-electron chi connectivity index (χ2n) is 8.16. The van der Waals surface area contributed by atoms with Gasteiger partial charge < -0.3 is 19.4 Å². The minimum Gasteiger partial charge on any atom is -0.472 e. The van der Waals surface area contributed by atoms with Crippen molar-refractivity contribution in [1.29, 1.82) is 0 Å². The zero-order valence-electron chi connectivity index (χ0n) is 20.2. The third-order valence-electron chi connectivity index (χ3n) is 5.57. The van der Waals surface area contributed by atoms with Crippen molar-refractivity contribution in [3.8, 4) is 11.1 Å². The maximum Gasteiger partial charge on any atom is 0.420 e. The number of piperidine rings is 1. The number of hydrogen-bond acceptors (Lipinski definition) is 5. The molecule has 12 heteroatoms. The van der Waals surface area contributed by atoms with Crippen LogP contribution < -0.4 is 5.32 Å². The van der Waals surface area contributed by atoms with Crippen LogP contribution in [0, 0.1) is 5.92 Å². The lowest BCUT2D eigenvalue weighted by Crippen LogP contribution is -2.39. The zero-order valence-corrected chi connectivity index (χ0v) is 20.9. The first-order valence-electron chi connectivity index (χ1n) is 11.7. The van der Waals surface area contributed by atoms with Gasteiger partial charge in [0.05, 0.1) is 24.6 Å². The van der Waals surface area contributed by atoms with Gasteiger partial charge in [0, 0.05) is 30.4 Å². The summed E-state index contributed by atoms with van der Waals surface area (Å²) in [5.41, 5.74) is -0.781. The molecule has 0 aromatic carbocycles. The molecule has 1 atom stereocenters. The molecule has 3 aromatic heterocycles. The largest absolute Gasteiger partial charge is 0.472 e. The number of likely N-dealkylation sites (tertiary alicyclic amines) is 1. The van der Waals surface area contributed by atoms with Gasteiger partial charge in [0.2, 0.25) is 0 Å². The molecule has 0 bridgehead atoms. The molecule has 2 aliphatic rings. The van der Waals surface area contributed by atoms with E-state index in [1.165, 1.54) is 18.7 Å². The second kappa shape index (κ2) is 11.7. The lowest BCUT2D eigenvalue weighted by Gasteiger charge is -2.30. The minimum absolute atomic E-state index is 0.130. The van der Waals surface area contributed by atoms with E-state index in [-0.39, 0.29) is 22.5 Å². The normalized spacial score (nSPS) is 17.5. The molecule has 36 heavy (non-hydrogen) atoms. The molecule has 0 saturated carbocycles. The Balaban J connectivity index is 0.000000390. The predicted molar refractivity (Wildman–Crippen MR) is 128 cm³/mol. The Morgan fingerprint density at radius 3 is 2.56 bits per heavy atom. The number of furan rings is 1. The number of nitrogens with one attached hydrogen (secondary N) is 1. The number of halogens is 4. The van der Waals surface area contributed by atoms with Crippen LogP contribution in [-0.4, -0.2) is 52.5 Å². The number of rotatable bonds is 2. The van der Waals surface area contributed by atoms with Crippen LogP contribution in [0.25, 0.3) is 16.8 Å². The Morgan fingerprint density at radius 1 is 1.28 bits per heavy atom. The maximum absolute atomic E-state index is 13.7. The molecule has 0 aliphatic carbocycles. The van der Waals surface area contributed by atoms with E-state index in [1.807, 2.05) is 20.8 Å². The van der Waals surface area contributed by atoms with Crippen LogP contribution in [0.3, 0.4) is 0 Å². The highest BCUT2D eigenvalue weighted by molar-refractivity contribution is 6.33. The summed E-state index contributed by atoms with van der Waals surface area (Å²) in [7, 11) is 0. The fourth-order valence-corrected chi connectivity index (χ4v) is 4.17. The summed E-state index contributed by atoms with van der Waals surface area (Å²) in [6, 6.07) is 2.54. The standard InChI is InChI=1S/C19H17ClF3N3O2.C3H5NO2.C2H6/c1-11-3-2-5-25(8-11)18(27)15-16(20)26-9-13(12-4-6-28-10-12)7-14(17(26)24-15)19(21,22)23;5-3-4-1-2-6-3;1-2/h4,6-7,9-11H,2-3,5,8H2,1H3;1-2H2,(H,4,5);1-2H3. The van der Waals surface area contributed by atoms with E-state index in [0.717, 1.165) is 23.3 Å². The van der Waals surface area contributed by atoms with Gasteiger partial charge in [-0.2, -0.15) is 13.2 Å². The van der Waals surface area contributed by atoms with Crippen LogP contribution in [0.2, 0.25) is 5.15 Å². The quantitative estimate of drug-likeness (QED) is 0.448. The number of amides is 2. The van der Waals surface area contributed by atoms with E-state index in [9.17, 15) is 22.8 Å². The Kier molecular flexibility index (Phi) is 8.89. The number of carbonyl (C=O) groups is 2. The third-order valence-corrected chi connectivity index (χ3v) is 5.93. The highest BCUT2D eigenvalue weighted by Gasteiger charge is 2.37. The van der Waals surface area contributed by atoms with Crippen molar-refractivity contribution in [3.63, 3.8) is 0 Å². The van der Waals surface area contributed by atoms with Gasteiger partial charge in [0.15, 0.2) is 11.3 Å². The molecule has 3 aromatic rings. The molecule has 5 heterocycles. The molecule has 5 rings (SSSR count). The van der Waals surface area contributed by atoms with Crippen molar-refractivity contribution in [2.75, 3.05) is 26.2 Å². The number of pyridine rings is 1. The monoisotopic (exact) mass is 528 g/mol. The number of imidazole rings is 1. The molecule has 2 fully saturated rings. The van der Waals surface area contributed by atoms with E-state index >= 15 is 0 Å². The van der Waals surface area contributed by atoms with Gasteiger partial charge in [-0.15, -0.1) is 0 Å². The van der Waals surface area contributed by atoms with Gasteiger partial charge in [-0.3, -0.25) is 9.20 Å². The summed E-state index contributed by atoms with van der Waals surface area (Å²) in [5, 5.41) is 2.33. The summed E-state index contributed by atoms with van der Waals surface area (Å²) in [5.74, 6) is -0.120. The summed E-state index contributed by atoms with van der Waals surface area (Å²) in [4.78, 5) is 28.4. The minimum atomic E-state index is -4.66. The van der Waals surface area contributed by atoms with Crippen molar-refractivity contribution in [2.24, 2.45) is 5.92 Å². The highest BCUT2D eigenvalue weighted by Crippen LogP contribution is 2.37. The molecule has 0 spiro atoms.